The fourth-order valence-corrected chi connectivity index (χ4v) is 2.22. The molecule has 4 nitrogen and oxygen atoms in total. The van der Waals surface area contributed by atoms with Crippen molar-refractivity contribution in [1.29, 1.82) is 0 Å². The molecule has 1 aliphatic carbocycles. The van der Waals surface area contributed by atoms with E-state index in [2.05, 4.69) is 16.9 Å². The van der Waals surface area contributed by atoms with Crippen LogP contribution in [0.2, 0.25) is 5.02 Å². The Balaban J connectivity index is 1.75. The maximum Gasteiger partial charge on any atom is 0.242 e. The van der Waals surface area contributed by atoms with Crippen LogP contribution in [0, 0.1) is 5.92 Å². The third-order valence-corrected chi connectivity index (χ3v) is 3.49. The highest BCUT2D eigenvalue weighted by Gasteiger charge is 2.18. The number of carbonyl (C=O) groups is 2. The van der Waals surface area contributed by atoms with Crippen LogP contribution in [0.15, 0.2) is 36.4 Å². The van der Waals surface area contributed by atoms with Gasteiger partial charge < -0.3 is 0 Å². The Labute approximate surface area is 123 Å². The van der Waals surface area contributed by atoms with E-state index in [1.807, 2.05) is 6.08 Å². The molecule has 20 heavy (non-hydrogen) atoms. The molecule has 106 valence electrons. The number of hydrogen-bond acceptors (Lipinski definition) is 2. The molecule has 1 aromatic carbocycles. The second-order valence-corrected chi connectivity index (χ2v) is 5.26. The molecule has 2 N–H and O–H groups in total. The molecule has 0 heterocycles. The minimum absolute atomic E-state index is 0.0455. The van der Waals surface area contributed by atoms with Crippen LogP contribution >= 0.6 is 11.6 Å². The topological polar surface area (TPSA) is 58.2 Å². The van der Waals surface area contributed by atoms with Crippen molar-refractivity contribution in [3.05, 3.63) is 47.0 Å². The largest absolute Gasteiger partial charge is 0.273 e. The van der Waals surface area contributed by atoms with Crippen molar-refractivity contribution in [2.24, 2.45) is 5.92 Å². The van der Waals surface area contributed by atoms with Crippen molar-refractivity contribution in [1.82, 2.24) is 10.9 Å². The summed E-state index contributed by atoms with van der Waals surface area (Å²) in [6.45, 7) is 0. The van der Waals surface area contributed by atoms with E-state index in [4.69, 9.17) is 11.6 Å². The fourth-order valence-electron chi connectivity index (χ4n) is 2.10. The van der Waals surface area contributed by atoms with Crippen molar-refractivity contribution in [3.63, 3.8) is 0 Å². The lowest BCUT2D eigenvalue weighted by Gasteiger charge is -2.17. The van der Waals surface area contributed by atoms with Gasteiger partial charge in [-0.1, -0.05) is 35.9 Å². The summed E-state index contributed by atoms with van der Waals surface area (Å²) in [5, 5.41) is 0.632. The third kappa shape index (κ3) is 4.38. The number of carbonyl (C=O) groups excluding carboxylic acids is 2. The number of rotatable bonds is 3. The molecule has 0 unspecified atom stereocenters. The van der Waals surface area contributed by atoms with Crippen LogP contribution in [-0.4, -0.2) is 11.8 Å². The summed E-state index contributed by atoms with van der Waals surface area (Å²) in [4.78, 5) is 23.5. The minimum Gasteiger partial charge on any atom is -0.273 e. The molecule has 0 fully saturated rings. The van der Waals surface area contributed by atoms with Gasteiger partial charge in [0.25, 0.3) is 0 Å². The summed E-state index contributed by atoms with van der Waals surface area (Å²) in [6, 6.07) is 7.04. The summed E-state index contributed by atoms with van der Waals surface area (Å²) in [7, 11) is 0. The lowest BCUT2D eigenvalue weighted by molar-refractivity contribution is -0.131. The van der Waals surface area contributed by atoms with Crippen LogP contribution in [0.3, 0.4) is 0 Å². The van der Waals surface area contributed by atoms with Crippen LogP contribution in [0.25, 0.3) is 0 Å². The monoisotopic (exact) mass is 292 g/mol. The highest BCUT2D eigenvalue weighted by molar-refractivity contribution is 6.30. The maximum atomic E-state index is 11.8. The van der Waals surface area contributed by atoms with E-state index in [-0.39, 0.29) is 24.2 Å². The Hall–Kier alpha value is -1.81. The number of amides is 2. The van der Waals surface area contributed by atoms with E-state index in [9.17, 15) is 9.59 Å². The van der Waals surface area contributed by atoms with E-state index in [1.54, 1.807) is 24.3 Å². The molecule has 1 aliphatic rings. The maximum absolute atomic E-state index is 11.8. The highest BCUT2D eigenvalue weighted by Crippen LogP contribution is 2.17. The molecular formula is C15H17ClN2O2. The number of allylic oxidation sites excluding steroid dienone is 2. The standard InChI is InChI=1S/C15H17ClN2O2/c16-13-8-6-11(7-9-13)10-14(19)17-18-15(20)12-4-2-1-3-5-12/h1-2,6-9,12H,3-5,10H2,(H,17,19)(H,18,20)/t12-/m1/s1. The molecule has 1 aromatic rings. The van der Waals surface area contributed by atoms with Gasteiger partial charge in [-0.3, -0.25) is 20.4 Å². The lowest BCUT2D eigenvalue weighted by Crippen LogP contribution is -2.45. The van der Waals surface area contributed by atoms with Gasteiger partial charge in [-0.15, -0.1) is 0 Å². The predicted molar refractivity (Wildman–Crippen MR) is 77.9 cm³/mol. The Bertz CT molecular complexity index is 511. The fraction of sp³-hybridized carbons (Fsp3) is 0.333. The van der Waals surface area contributed by atoms with Crippen molar-refractivity contribution in [2.45, 2.75) is 25.7 Å². The molecule has 2 rings (SSSR count). The second kappa shape index (κ2) is 7.10. The first-order chi connectivity index (χ1) is 9.65. The van der Waals surface area contributed by atoms with Crippen molar-refractivity contribution >= 4 is 23.4 Å². The summed E-state index contributed by atoms with van der Waals surface area (Å²) >= 11 is 5.77. The number of hydrogen-bond donors (Lipinski definition) is 2. The van der Waals surface area contributed by atoms with Crippen molar-refractivity contribution in [3.8, 4) is 0 Å². The zero-order chi connectivity index (χ0) is 14.4. The van der Waals surface area contributed by atoms with Crippen LogP contribution in [0.5, 0.6) is 0 Å². The molecule has 0 bridgehead atoms. The molecule has 0 saturated heterocycles. The summed E-state index contributed by atoms with van der Waals surface area (Å²) < 4.78 is 0. The van der Waals surface area contributed by atoms with Gasteiger partial charge in [0.2, 0.25) is 11.8 Å². The number of halogens is 1. The summed E-state index contributed by atoms with van der Waals surface area (Å²) in [6.07, 6.45) is 6.76. The Morgan fingerprint density at radius 1 is 1.15 bits per heavy atom. The Kier molecular flexibility index (Phi) is 5.18. The molecule has 5 heteroatoms. The molecule has 0 aromatic heterocycles. The van der Waals surface area contributed by atoms with Gasteiger partial charge >= 0.3 is 0 Å². The van der Waals surface area contributed by atoms with E-state index in [0.29, 0.717) is 5.02 Å². The second-order valence-electron chi connectivity index (χ2n) is 4.82. The van der Waals surface area contributed by atoms with E-state index in [1.165, 1.54) is 0 Å². The predicted octanol–water partition coefficient (Wildman–Crippen LogP) is 2.39. The minimum atomic E-state index is -0.243. The number of benzene rings is 1. The number of hydrazine groups is 1. The molecular weight excluding hydrogens is 276 g/mol. The zero-order valence-corrected chi connectivity index (χ0v) is 11.8. The summed E-state index contributed by atoms with van der Waals surface area (Å²) in [5.41, 5.74) is 5.78. The van der Waals surface area contributed by atoms with Crippen molar-refractivity contribution < 1.29 is 9.59 Å². The van der Waals surface area contributed by atoms with Gasteiger partial charge in [-0.05, 0) is 37.0 Å². The zero-order valence-electron chi connectivity index (χ0n) is 11.1. The molecule has 0 radical (unpaired) electrons. The first-order valence-corrected chi connectivity index (χ1v) is 7.01. The van der Waals surface area contributed by atoms with Crippen LogP contribution in [0.4, 0.5) is 0 Å². The first kappa shape index (κ1) is 14.6. The van der Waals surface area contributed by atoms with E-state index in [0.717, 1.165) is 24.8 Å². The molecule has 0 saturated carbocycles. The van der Waals surface area contributed by atoms with Crippen LogP contribution in [0.1, 0.15) is 24.8 Å². The van der Waals surface area contributed by atoms with E-state index < -0.39 is 0 Å². The van der Waals surface area contributed by atoms with Gasteiger partial charge in [0, 0.05) is 10.9 Å². The van der Waals surface area contributed by atoms with Gasteiger partial charge in [0.1, 0.15) is 0 Å². The van der Waals surface area contributed by atoms with Gasteiger partial charge in [-0.25, -0.2) is 0 Å². The normalized spacial score (nSPS) is 17.6. The SMILES string of the molecule is O=C(Cc1ccc(Cl)cc1)NNC(=O)[C@@H]1CC=CCC1. The molecule has 0 spiro atoms. The molecule has 2 amide bonds. The van der Waals surface area contributed by atoms with Crippen LogP contribution < -0.4 is 10.9 Å². The third-order valence-electron chi connectivity index (χ3n) is 3.24. The van der Waals surface area contributed by atoms with Gasteiger partial charge in [0.05, 0.1) is 6.42 Å². The lowest BCUT2D eigenvalue weighted by atomic mass is 9.94. The van der Waals surface area contributed by atoms with Gasteiger partial charge in [-0.2, -0.15) is 0 Å². The number of nitrogens with one attached hydrogen (secondary N) is 2. The van der Waals surface area contributed by atoms with Crippen molar-refractivity contribution in [2.75, 3.05) is 0 Å². The van der Waals surface area contributed by atoms with Gasteiger partial charge in [0.15, 0.2) is 0 Å². The average molecular weight is 293 g/mol. The summed E-state index contributed by atoms with van der Waals surface area (Å²) in [5.74, 6) is -0.415. The smallest absolute Gasteiger partial charge is 0.242 e. The molecule has 1 atom stereocenters. The van der Waals surface area contributed by atoms with Crippen LogP contribution in [-0.2, 0) is 16.0 Å². The average Bonchev–Trinajstić information content (AvgIpc) is 2.48. The highest BCUT2D eigenvalue weighted by atomic mass is 35.5. The Morgan fingerprint density at radius 2 is 1.90 bits per heavy atom. The Morgan fingerprint density at radius 3 is 2.55 bits per heavy atom. The first-order valence-electron chi connectivity index (χ1n) is 6.63. The quantitative estimate of drug-likeness (QED) is 0.664. The van der Waals surface area contributed by atoms with E-state index >= 15 is 0 Å². The molecule has 0 aliphatic heterocycles.